The summed E-state index contributed by atoms with van der Waals surface area (Å²) in [5, 5.41) is 13.3. The zero-order valence-electron chi connectivity index (χ0n) is 12.8. The minimum Gasteiger partial charge on any atom is -0.492 e. The Morgan fingerprint density at radius 3 is 2.62 bits per heavy atom. The summed E-state index contributed by atoms with van der Waals surface area (Å²) in [6.07, 6.45) is 2.65. The van der Waals surface area contributed by atoms with Crippen LogP contribution in [-0.4, -0.2) is 24.9 Å². The molecule has 0 aromatic heterocycles. The minimum absolute atomic E-state index is 0.228. The van der Waals surface area contributed by atoms with Gasteiger partial charge in [-0.15, -0.1) is 0 Å². The van der Waals surface area contributed by atoms with Crippen molar-refractivity contribution in [1.82, 2.24) is 5.32 Å². The van der Waals surface area contributed by atoms with E-state index in [1.165, 1.54) is 0 Å². The average molecular weight is 334 g/mol. The first kappa shape index (κ1) is 18.6. The molecule has 0 radical (unpaired) electrons. The first-order chi connectivity index (χ1) is 10.0. The third kappa shape index (κ3) is 7.37. The molecule has 0 atom stereocenters. The maximum atomic E-state index is 8.76. The van der Waals surface area contributed by atoms with E-state index in [9.17, 15) is 0 Å². The van der Waals surface area contributed by atoms with Gasteiger partial charge < -0.3 is 15.2 Å². The highest BCUT2D eigenvalue weighted by atomic mass is 35.5. The van der Waals surface area contributed by atoms with Crippen LogP contribution in [0, 0.1) is 5.92 Å². The van der Waals surface area contributed by atoms with Gasteiger partial charge in [-0.25, -0.2) is 0 Å². The van der Waals surface area contributed by atoms with Gasteiger partial charge >= 0.3 is 0 Å². The minimum atomic E-state index is 0.228. The van der Waals surface area contributed by atoms with Gasteiger partial charge in [0.05, 0.1) is 11.6 Å². The van der Waals surface area contributed by atoms with Crippen LogP contribution in [0.25, 0.3) is 0 Å². The van der Waals surface area contributed by atoms with Crippen LogP contribution in [0.15, 0.2) is 12.1 Å². The van der Waals surface area contributed by atoms with Crippen molar-refractivity contribution >= 4 is 23.2 Å². The second-order valence-electron chi connectivity index (χ2n) is 5.53. The van der Waals surface area contributed by atoms with E-state index < -0.39 is 0 Å². The van der Waals surface area contributed by atoms with Crippen LogP contribution in [0.4, 0.5) is 0 Å². The number of hydrogen-bond donors (Lipinski definition) is 2. The predicted octanol–water partition coefficient (Wildman–Crippen LogP) is 4.28. The van der Waals surface area contributed by atoms with Crippen molar-refractivity contribution in [3.05, 3.63) is 27.7 Å². The topological polar surface area (TPSA) is 41.5 Å². The van der Waals surface area contributed by atoms with Crippen molar-refractivity contribution in [3.63, 3.8) is 0 Å². The van der Waals surface area contributed by atoms with Gasteiger partial charge in [-0.3, -0.25) is 0 Å². The molecule has 1 aromatic carbocycles. The Hall–Kier alpha value is -0.480. The van der Waals surface area contributed by atoms with E-state index in [0.29, 0.717) is 34.9 Å². The van der Waals surface area contributed by atoms with E-state index in [1.807, 2.05) is 6.07 Å². The summed E-state index contributed by atoms with van der Waals surface area (Å²) < 4.78 is 5.81. The zero-order valence-corrected chi connectivity index (χ0v) is 14.3. The molecule has 0 saturated carbocycles. The largest absolute Gasteiger partial charge is 0.492 e. The average Bonchev–Trinajstić information content (AvgIpc) is 2.40. The molecule has 0 fully saturated rings. The molecule has 0 spiro atoms. The Morgan fingerprint density at radius 2 is 1.95 bits per heavy atom. The highest BCUT2D eigenvalue weighted by molar-refractivity contribution is 6.35. The van der Waals surface area contributed by atoms with E-state index >= 15 is 0 Å². The Kier molecular flexibility index (Phi) is 9.09. The molecule has 0 saturated heterocycles. The van der Waals surface area contributed by atoms with Gasteiger partial charge in [0, 0.05) is 23.7 Å². The highest BCUT2D eigenvalue weighted by Gasteiger charge is 2.11. The number of ether oxygens (including phenoxy) is 1. The van der Waals surface area contributed by atoms with Crippen molar-refractivity contribution < 1.29 is 9.84 Å². The summed E-state index contributed by atoms with van der Waals surface area (Å²) >= 11 is 12.3. The number of unbranched alkanes of at least 4 members (excludes halogenated alkanes) is 2. The fourth-order valence-corrected chi connectivity index (χ4v) is 2.56. The molecule has 3 nitrogen and oxygen atoms in total. The molecule has 1 aromatic rings. The standard InChI is InChI=1S/C16H25Cl2NO2/c1-12(2)10-19-11-13-8-14(17)9-15(18)16(13)21-7-5-3-4-6-20/h8-9,12,19-20H,3-7,10-11H2,1-2H3. The molecular weight excluding hydrogens is 309 g/mol. The van der Waals surface area contributed by atoms with E-state index in [0.717, 1.165) is 31.4 Å². The molecule has 120 valence electrons. The van der Waals surface area contributed by atoms with Crippen LogP contribution < -0.4 is 10.1 Å². The number of hydrogen-bond acceptors (Lipinski definition) is 3. The van der Waals surface area contributed by atoms with Crippen molar-refractivity contribution in [2.75, 3.05) is 19.8 Å². The van der Waals surface area contributed by atoms with Crippen molar-refractivity contribution in [2.24, 2.45) is 5.92 Å². The summed E-state index contributed by atoms with van der Waals surface area (Å²) in [5.41, 5.74) is 0.982. The molecule has 0 aliphatic rings. The molecule has 0 aliphatic carbocycles. The third-order valence-corrected chi connectivity index (χ3v) is 3.50. The molecule has 21 heavy (non-hydrogen) atoms. The number of rotatable bonds is 10. The maximum Gasteiger partial charge on any atom is 0.142 e. The summed E-state index contributed by atoms with van der Waals surface area (Å²) in [4.78, 5) is 0. The van der Waals surface area contributed by atoms with Gasteiger partial charge in [0.2, 0.25) is 0 Å². The van der Waals surface area contributed by atoms with Crippen LogP contribution in [0.2, 0.25) is 10.0 Å². The molecule has 0 heterocycles. The number of halogens is 2. The second-order valence-corrected chi connectivity index (χ2v) is 6.38. The second kappa shape index (κ2) is 10.3. The quantitative estimate of drug-likeness (QED) is 0.628. The molecule has 1 rings (SSSR count). The van der Waals surface area contributed by atoms with Crippen molar-refractivity contribution in [1.29, 1.82) is 0 Å². The van der Waals surface area contributed by atoms with Gasteiger partial charge in [-0.05, 0) is 43.9 Å². The van der Waals surface area contributed by atoms with Gasteiger partial charge in [0.25, 0.3) is 0 Å². The highest BCUT2D eigenvalue weighted by Crippen LogP contribution is 2.32. The van der Waals surface area contributed by atoms with Gasteiger partial charge in [0.1, 0.15) is 5.75 Å². The van der Waals surface area contributed by atoms with E-state index in [2.05, 4.69) is 19.2 Å². The molecule has 5 heteroatoms. The SMILES string of the molecule is CC(C)CNCc1cc(Cl)cc(Cl)c1OCCCCCO. The molecule has 0 aliphatic heterocycles. The van der Waals surface area contributed by atoms with E-state index in [1.54, 1.807) is 6.07 Å². The van der Waals surface area contributed by atoms with Crippen LogP contribution in [0.5, 0.6) is 5.75 Å². The summed E-state index contributed by atoms with van der Waals surface area (Å²) in [6, 6.07) is 3.60. The monoisotopic (exact) mass is 333 g/mol. The van der Waals surface area contributed by atoms with Crippen LogP contribution in [-0.2, 0) is 6.54 Å². The lowest BCUT2D eigenvalue weighted by atomic mass is 10.1. The van der Waals surface area contributed by atoms with Gasteiger partial charge in [-0.1, -0.05) is 37.0 Å². The number of nitrogens with one attached hydrogen (secondary N) is 1. The van der Waals surface area contributed by atoms with E-state index in [-0.39, 0.29) is 6.61 Å². The summed E-state index contributed by atoms with van der Waals surface area (Å²) in [5.74, 6) is 1.30. The van der Waals surface area contributed by atoms with Crippen molar-refractivity contribution in [2.45, 2.75) is 39.7 Å². The molecular formula is C16H25Cl2NO2. The first-order valence-corrected chi connectivity index (χ1v) is 8.22. The Labute approximate surface area is 137 Å². The fraction of sp³-hybridized carbons (Fsp3) is 0.625. The smallest absolute Gasteiger partial charge is 0.142 e. The maximum absolute atomic E-state index is 8.76. The third-order valence-electron chi connectivity index (χ3n) is 3.00. The normalized spacial score (nSPS) is 11.1. The zero-order chi connectivity index (χ0) is 15.7. The molecule has 2 N–H and O–H groups in total. The lowest BCUT2D eigenvalue weighted by molar-refractivity contribution is 0.265. The number of benzene rings is 1. The lowest BCUT2D eigenvalue weighted by Crippen LogP contribution is -2.19. The van der Waals surface area contributed by atoms with Crippen LogP contribution in [0.3, 0.4) is 0 Å². The molecule has 0 amide bonds. The van der Waals surface area contributed by atoms with Crippen molar-refractivity contribution in [3.8, 4) is 5.75 Å². The summed E-state index contributed by atoms with van der Waals surface area (Å²) in [7, 11) is 0. The van der Waals surface area contributed by atoms with E-state index in [4.69, 9.17) is 33.0 Å². The number of aliphatic hydroxyl groups excluding tert-OH is 1. The van der Waals surface area contributed by atoms with Gasteiger partial charge in [0.15, 0.2) is 0 Å². The van der Waals surface area contributed by atoms with Crippen LogP contribution in [0.1, 0.15) is 38.7 Å². The fourth-order valence-electron chi connectivity index (χ4n) is 1.97. The predicted molar refractivity (Wildman–Crippen MR) is 89.4 cm³/mol. The Morgan fingerprint density at radius 1 is 1.19 bits per heavy atom. The summed E-state index contributed by atoms with van der Waals surface area (Å²) in [6.45, 7) is 6.77. The van der Waals surface area contributed by atoms with Crippen LogP contribution >= 0.6 is 23.2 Å². The Balaban J connectivity index is 2.62. The lowest BCUT2D eigenvalue weighted by Gasteiger charge is -2.15. The first-order valence-electron chi connectivity index (χ1n) is 7.47. The Bertz CT molecular complexity index is 425. The van der Waals surface area contributed by atoms with Gasteiger partial charge in [-0.2, -0.15) is 0 Å². The number of aliphatic hydroxyl groups is 1. The molecule has 0 unspecified atom stereocenters. The molecule has 0 bridgehead atoms.